The van der Waals surface area contributed by atoms with Gasteiger partial charge < -0.3 is 20.5 Å². The molecule has 0 saturated carbocycles. The maximum atomic E-state index is 11.6. The highest BCUT2D eigenvalue weighted by atomic mass is 127. The number of hydrogen-bond donors (Lipinski definition) is 3. The number of nitrogens with one attached hydrogen (secondary N) is 2. The van der Waals surface area contributed by atoms with Crippen molar-refractivity contribution in [3.05, 3.63) is 27.3 Å². The summed E-state index contributed by atoms with van der Waals surface area (Å²) in [6, 6.07) is 4.33. The van der Waals surface area contributed by atoms with Crippen molar-refractivity contribution in [2.75, 3.05) is 18.5 Å². The van der Waals surface area contributed by atoms with Crippen molar-refractivity contribution in [1.29, 1.82) is 0 Å². The minimum Gasteiger partial charge on any atom is -0.478 e. The van der Waals surface area contributed by atoms with E-state index < -0.39 is 12.0 Å². The van der Waals surface area contributed by atoms with Crippen LogP contribution >= 0.6 is 22.6 Å². The van der Waals surface area contributed by atoms with Gasteiger partial charge >= 0.3 is 12.0 Å². The van der Waals surface area contributed by atoms with Gasteiger partial charge in [0.2, 0.25) is 0 Å². The smallest absolute Gasteiger partial charge is 0.337 e. The Bertz CT molecular complexity index is 491. The Kier molecular flexibility index (Phi) is 6.73. The van der Waals surface area contributed by atoms with E-state index in [-0.39, 0.29) is 17.4 Å². The van der Waals surface area contributed by atoms with Crippen LogP contribution in [0.1, 0.15) is 24.2 Å². The van der Waals surface area contributed by atoms with Gasteiger partial charge in [0.05, 0.1) is 24.0 Å². The number of urea groups is 1. The maximum absolute atomic E-state index is 11.6. The summed E-state index contributed by atoms with van der Waals surface area (Å²) >= 11 is 2.01. The molecule has 0 bridgehead atoms. The molecule has 0 spiro atoms. The molecule has 110 valence electrons. The van der Waals surface area contributed by atoms with E-state index in [2.05, 4.69) is 10.6 Å². The van der Waals surface area contributed by atoms with E-state index in [1.54, 1.807) is 12.1 Å². The second-order valence-corrected chi connectivity index (χ2v) is 5.54. The number of halogens is 1. The quantitative estimate of drug-likeness (QED) is 0.513. The molecule has 0 aliphatic rings. The monoisotopic (exact) mass is 392 g/mol. The summed E-state index contributed by atoms with van der Waals surface area (Å²) < 4.78 is 6.07. The molecule has 1 aromatic rings. The molecule has 0 unspecified atom stereocenters. The lowest BCUT2D eigenvalue weighted by Crippen LogP contribution is -2.32. The van der Waals surface area contributed by atoms with Gasteiger partial charge in [0, 0.05) is 10.1 Å². The number of hydrogen-bond acceptors (Lipinski definition) is 3. The van der Waals surface area contributed by atoms with Crippen LogP contribution in [0.2, 0.25) is 0 Å². The van der Waals surface area contributed by atoms with Gasteiger partial charge in [-0.15, -0.1) is 0 Å². The summed E-state index contributed by atoms with van der Waals surface area (Å²) in [5.41, 5.74) is 0.325. The molecule has 0 atom stereocenters. The highest BCUT2D eigenvalue weighted by Gasteiger charge is 2.12. The Hall–Kier alpha value is -1.35. The van der Waals surface area contributed by atoms with Crippen molar-refractivity contribution in [2.24, 2.45) is 0 Å². The molecule has 0 heterocycles. The van der Waals surface area contributed by atoms with E-state index in [1.807, 2.05) is 36.4 Å². The van der Waals surface area contributed by atoms with Gasteiger partial charge in [0.1, 0.15) is 0 Å². The molecule has 0 aromatic heterocycles. The molecule has 0 saturated heterocycles. The zero-order valence-corrected chi connectivity index (χ0v) is 13.4. The lowest BCUT2D eigenvalue weighted by atomic mass is 10.2. The van der Waals surface area contributed by atoms with Crippen LogP contribution in [0, 0.1) is 3.57 Å². The maximum Gasteiger partial charge on any atom is 0.337 e. The molecule has 3 N–H and O–H groups in total. The number of carboxylic acids is 1. The number of benzene rings is 1. The van der Waals surface area contributed by atoms with Crippen LogP contribution in [0.5, 0.6) is 0 Å². The Morgan fingerprint density at radius 1 is 1.40 bits per heavy atom. The predicted octanol–water partition coefficient (Wildman–Crippen LogP) is 2.54. The van der Waals surface area contributed by atoms with Gasteiger partial charge in [-0.2, -0.15) is 0 Å². The van der Waals surface area contributed by atoms with Crippen molar-refractivity contribution < 1.29 is 19.4 Å². The van der Waals surface area contributed by atoms with Gasteiger partial charge in [-0.25, -0.2) is 9.59 Å². The number of ether oxygens (including phenoxy) is 1. The van der Waals surface area contributed by atoms with E-state index >= 15 is 0 Å². The number of carbonyl (C=O) groups excluding carboxylic acids is 1. The zero-order chi connectivity index (χ0) is 15.1. The van der Waals surface area contributed by atoms with Crippen LogP contribution in [0.3, 0.4) is 0 Å². The molecule has 0 fully saturated rings. The minimum atomic E-state index is -1.08. The second-order valence-electron chi connectivity index (χ2n) is 4.30. The van der Waals surface area contributed by atoms with Gasteiger partial charge in [0.15, 0.2) is 0 Å². The van der Waals surface area contributed by atoms with Crippen molar-refractivity contribution in [2.45, 2.75) is 20.0 Å². The Balaban J connectivity index is 2.55. The first kappa shape index (κ1) is 16.7. The van der Waals surface area contributed by atoms with Crippen LogP contribution in [0.25, 0.3) is 0 Å². The Morgan fingerprint density at radius 2 is 2.10 bits per heavy atom. The van der Waals surface area contributed by atoms with E-state index in [0.717, 1.165) is 3.57 Å². The third-order valence-electron chi connectivity index (χ3n) is 2.30. The van der Waals surface area contributed by atoms with Crippen molar-refractivity contribution >= 4 is 40.3 Å². The van der Waals surface area contributed by atoms with Crippen molar-refractivity contribution in [3.63, 3.8) is 0 Å². The van der Waals surface area contributed by atoms with Crippen molar-refractivity contribution in [1.82, 2.24) is 5.32 Å². The van der Waals surface area contributed by atoms with Crippen LogP contribution in [0.4, 0.5) is 10.5 Å². The number of rotatable bonds is 6. The molecular formula is C13H17IN2O4. The molecule has 6 nitrogen and oxygen atoms in total. The standard InChI is InChI=1S/C13H17IN2O4/c1-8(2)20-6-5-15-13(19)16-11-4-3-9(14)7-10(11)12(17)18/h3-4,7-8H,5-6H2,1-2H3,(H,17,18)(H2,15,16,19). The van der Waals surface area contributed by atoms with E-state index in [0.29, 0.717) is 13.2 Å². The summed E-state index contributed by atoms with van der Waals surface area (Å²) in [6.07, 6.45) is 0.106. The molecule has 2 amide bonds. The number of aromatic carboxylic acids is 1. The molecule has 7 heteroatoms. The Morgan fingerprint density at radius 3 is 2.70 bits per heavy atom. The lowest BCUT2D eigenvalue weighted by Gasteiger charge is -2.11. The molecule has 20 heavy (non-hydrogen) atoms. The lowest BCUT2D eigenvalue weighted by molar-refractivity contribution is 0.0697. The third-order valence-corrected chi connectivity index (χ3v) is 2.97. The van der Waals surface area contributed by atoms with E-state index in [4.69, 9.17) is 9.84 Å². The van der Waals surface area contributed by atoms with Gasteiger partial charge in [0.25, 0.3) is 0 Å². The van der Waals surface area contributed by atoms with E-state index in [9.17, 15) is 9.59 Å². The first-order valence-corrected chi connectivity index (χ1v) is 7.17. The molecule has 0 aliphatic heterocycles. The van der Waals surface area contributed by atoms with E-state index in [1.165, 1.54) is 6.07 Å². The Labute approximate surface area is 131 Å². The van der Waals surface area contributed by atoms with Crippen LogP contribution in [-0.4, -0.2) is 36.4 Å². The third kappa shape index (κ3) is 5.74. The molecule has 1 aromatic carbocycles. The number of amides is 2. The number of anilines is 1. The topological polar surface area (TPSA) is 87.7 Å². The fraction of sp³-hybridized carbons (Fsp3) is 0.385. The second kappa shape index (κ2) is 8.05. The summed E-state index contributed by atoms with van der Waals surface area (Å²) in [5, 5.41) is 14.2. The highest BCUT2D eigenvalue weighted by Crippen LogP contribution is 2.18. The van der Waals surface area contributed by atoms with Gasteiger partial charge in [-0.1, -0.05) is 0 Å². The molecule has 1 rings (SSSR count). The largest absolute Gasteiger partial charge is 0.478 e. The van der Waals surface area contributed by atoms with Crippen LogP contribution in [0.15, 0.2) is 18.2 Å². The van der Waals surface area contributed by atoms with Crippen molar-refractivity contribution in [3.8, 4) is 0 Å². The zero-order valence-electron chi connectivity index (χ0n) is 11.3. The highest BCUT2D eigenvalue weighted by molar-refractivity contribution is 14.1. The predicted molar refractivity (Wildman–Crippen MR) is 84.2 cm³/mol. The summed E-state index contributed by atoms with van der Waals surface area (Å²) in [7, 11) is 0. The van der Waals surface area contributed by atoms with Gasteiger partial charge in [-0.3, -0.25) is 0 Å². The van der Waals surface area contributed by atoms with Crippen LogP contribution in [-0.2, 0) is 4.74 Å². The summed E-state index contributed by atoms with van der Waals surface area (Å²) in [6.45, 7) is 4.58. The summed E-state index contributed by atoms with van der Waals surface area (Å²) in [5.74, 6) is -1.08. The van der Waals surface area contributed by atoms with Gasteiger partial charge in [-0.05, 0) is 54.6 Å². The van der Waals surface area contributed by atoms with Crippen LogP contribution < -0.4 is 10.6 Å². The fourth-order valence-electron chi connectivity index (χ4n) is 1.43. The number of carbonyl (C=O) groups is 2. The normalized spacial score (nSPS) is 10.4. The fourth-order valence-corrected chi connectivity index (χ4v) is 1.92. The first-order chi connectivity index (χ1) is 9.40. The summed E-state index contributed by atoms with van der Waals surface area (Å²) in [4.78, 5) is 22.7. The molecule has 0 radical (unpaired) electrons. The number of carboxylic acid groups (broad SMARTS) is 1. The SMILES string of the molecule is CC(C)OCCNC(=O)Nc1ccc(I)cc1C(=O)O. The molecular weight excluding hydrogens is 375 g/mol. The average molecular weight is 392 g/mol. The minimum absolute atomic E-state index is 0.0606. The first-order valence-electron chi connectivity index (χ1n) is 6.09. The average Bonchev–Trinajstić information content (AvgIpc) is 2.36. The molecule has 0 aliphatic carbocycles.